The first-order valence-electron chi connectivity index (χ1n) is 9.53. The van der Waals surface area contributed by atoms with E-state index in [0.29, 0.717) is 6.54 Å². The van der Waals surface area contributed by atoms with Crippen molar-refractivity contribution < 1.29 is 9.32 Å². The molecule has 0 spiro atoms. The number of likely N-dealkylation sites (tertiary alicyclic amines) is 1. The van der Waals surface area contributed by atoms with Crippen LogP contribution in [0.25, 0.3) is 0 Å². The molecule has 0 unspecified atom stereocenters. The Hall–Kier alpha value is -3.06. The third-order valence-corrected chi connectivity index (χ3v) is 5.03. The zero-order valence-corrected chi connectivity index (χ0v) is 15.6. The molecule has 144 valence electrons. The van der Waals surface area contributed by atoms with Crippen LogP contribution in [0.15, 0.2) is 59.6 Å². The summed E-state index contributed by atoms with van der Waals surface area (Å²) in [7, 11) is 0. The molecule has 7 heteroatoms. The summed E-state index contributed by atoms with van der Waals surface area (Å²) < 4.78 is 5.32. The third kappa shape index (κ3) is 4.61. The molecule has 1 aliphatic rings. The van der Waals surface area contributed by atoms with Gasteiger partial charge in [-0.05, 0) is 54.8 Å². The van der Waals surface area contributed by atoms with Crippen molar-refractivity contribution in [2.75, 3.05) is 13.1 Å². The first kappa shape index (κ1) is 18.3. The summed E-state index contributed by atoms with van der Waals surface area (Å²) in [4.78, 5) is 22.8. The Labute approximate surface area is 163 Å². The monoisotopic (exact) mass is 377 g/mol. The molecule has 0 aromatic carbocycles. The van der Waals surface area contributed by atoms with Gasteiger partial charge in [0, 0.05) is 56.4 Å². The molecular weight excluding hydrogens is 354 g/mol. The molecule has 4 rings (SSSR count). The van der Waals surface area contributed by atoms with E-state index in [-0.39, 0.29) is 17.6 Å². The first-order valence-corrected chi connectivity index (χ1v) is 9.53. The van der Waals surface area contributed by atoms with Gasteiger partial charge in [-0.2, -0.15) is 0 Å². The zero-order valence-electron chi connectivity index (χ0n) is 15.6. The van der Waals surface area contributed by atoms with Crippen molar-refractivity contribution in [1.29, 1.82) is 0 Å². The van der Waals surface area contributed by atoms with Gasteiger partial charge in [0.15, 0.2) is 0 Å². The molecule has 0 aliphatic carbocycles. The maximum atomic E-state index is 12.3. The van der Waals surface area contributed by atoms with Crippen molar-refractivity contribution >= 4 is 5.91 Å². The van der Waals surface area contributed by atoms with Gasteiger partial charge in [0.05, 0.1) is 5.69 Å². The average Bonchev–Trinajstić information content (AvgIpc) is 3.24. The summed E-state index contributed by atoms with van der Waals surface area (Å²) in [6.07, 6.45) is 9.21. The van der Waals surface area contributed by atoms with Gasteiger partial charge in [-0.1, -0.05) is 5.16 Å². The molecule has 1 N–H and O–H groups in total. The predicted molar refractivity (Wildman–Crippen MR) is 103 cm³/mol. The van der Waals surface area contributed by atoms with Crippen molar-refractivity contribution in [1.82, 2.24) is 25.3 Å². The maximum absolute atomic E-state index is 12.3. The fraction of sp³-hybridized carbons (Fsp3) is 0.333. The molecule has 3 aromatic rings. The van der Waals surface area contributed by atoms with E-state index in [1.807, 2.05) is 36.7 Å². The summed E-state index contributed by atoms with van der Waals surface area (Å²) in [6, 6.07) is 9.61. The number of nitrogens with zero attached hydrogens (tertiary/aromatic N) is 4. The van der Waals surface area contributed by atoms with Crippen molar-refractivity contribution in [3.8, 4) is 0 Å². The van der Waals surface area contributed by atoms with E-state index in [9.17, 15) is 4.79 Å². The van der Waals surface area contributed by atoms with Gasteiger partial charge in [0.2, 0.25) is 5.76 Å². The fourth-order valence-electron chi connectivity index (χ4n) is 3.55. The number of carbonyl (C=O) groups excluding carboxylic acids is 1. The van der Waals surface area contributed by atoms with Crippen molar-refractivity contribution in [3.05, 3.63) is 77.7 Å². The number of piperidine rings is 1. The number of amides is 1. The van der Waals surface area contributed by atoms with E-state index < -0.39 is 0 Å². The molecule has 1 saturated heterocycles. The van der Waals surface area contributed by atoms with E-state index in [1.54, 1.807) is 18.5 Å². The van der Waals surface area contributed by atoms with Gasteiger partial charge in [-0.15, -0.1) is 0 Å². The topological polar surface area (TPSA) is 84.2 Å². The summed E-state index contributed by atoms with van der Waals surface area (Å²) >= 11 is 0. The standard InChI is InChI=1S/C21H23N5O2/c27-21(24-13-16-3-7-22-8-4-16)20-12-19(25-28-20)18-2-1-11-26(15-18)14-17-5-9-23-10-6-17/h3-10,12,18H,1-2,11,13-15H2,(H,24,27)/t18-/m1/s1. The van der Waals surface area contributed by atoms with Crippen molar-refractivity contribution in [2.24, 2.45) is 0 Å². The van der Waals surface area contributed by atoms with E-state index in [1.165, 1.54) is 5.56 Å². The smallest absolute Gasteiger partial charge is 0.290 e. The lowest BCUT2D eigenvalue weighted by atomic mass is 9.94. The second kappa shape index (κ2) is 8.75. The number of nitrogens with one attached hydrogen (secondary N) is 1. The van der Waals surface area contributed by atoms with Crippen LogP contribution in [0.4, 0.5) is 0 Å². The lowest BCUT2D eigenvalue weighted by Crippen LogP contribution is -2.34. The number of carbonyl (C=O) groups is 1. The zero-order chi connectivity index (χ0) is 19.2. The Morgan fingerprint density at radius 3 is 2.57 bits per heavy atom. The largest absolute Gasteiger partial charge is 0.351 e. The Bertz CT molecular complexity index is 897. The lowest BCUT2D eigenvalue weighted by molar-refractivity contribution is 0.0913. The Morgan fingerprint density at radius 2 is 1.82 bits per heavy atom. The minimum absolute atomic E-state index is 0.250. The van der Waals surface area contributed by atoms with E-state index in [4.69, 9.17) is 4.52 Å². The highest BCUT2D eigenvalue weighted by Crippen LogP contribution is 2.27. The first-order chi connectivity index (χ1) is 13.8. The normalized spacial score (nSPS) is 17.4. The maximum Gasteiger partial charge on any atom is 0.290 e. The van der Waals surface area contributed by atoms with Crippen LogP contribution in [-0.2, 0) is 13.1 Å². The molecule has 7 nitrogen and oxygen atoms in total. The summed E-state index contributed by atoms with van der Waals surface area (Å²) in [5.41, 5.74) is 3.10. The molecule has 1 atom stereocenters. The number of aromatic nitrogens is 3. The van der Waals surface area contributed by atoms with Crippen LogP contribution in [0.5, 0.6) is 0 Å². The van der Waals surface area contributed by atoms with Crippen LogP contribution < -0.4 is 5.32 Å². The Morgan fingerprint density at radius 1 is 1.11 bits per heavy atom. The molecule has 1 amide bonds. The highest BCUT2D eigenvalue weighted by molar-refractivity contribution is 5.91. The van der Waals surface area contributed by atoms with Gasteiger partial charge in [0.1, 0.15) is 0 Å². The minimum atomic E-state index is -0.250. The van der Waals surface area contributed by atoms with Gasteiger partial charge >= 0.3 is 0 Å². The number of rotatable bonds is 6. The highest BCUT2D eigenvalue weighted by atomic mass is 16.5. The van der Waals surface area contributed by atoms with E-state index >= 15 is 0 Å². The molecule has 4 heterocycles. The SMILES string of the molecule is O=C(NCc1ccncc1)c1cc([C@@H]2CCCN(Cc3ccncc3)C2)no1. The molecule has 28 heavy (non-hydrogen) atoms. The van der Waals surface area contributed by atoms with E-state index in [0.717, 1.165) is 43.7 Å². The van der Waals surface area contributed by atoms with Gasteiger partial charge < -0.3 is 9.84 Å². The molecule has 0 radical (unpaired) electrons. The van der Waals surface area contributed by atoms with E-state index in [2.05, 4.69) is 25.3 Å². The average molecular weight is 377 g/mol. The molecule has 1 aliphatic heterocycles. The van der Waals surface area contributed by atoms with Crippen LogP contribution in [0.1, 0.15) is 46.1 Å². The van der Waals surface area contributed by atoms with Gasteiger partial charge in [-0.3, -0.25) is 19.7 Å². The second-order valence-electron chi connectivity index (χ2n) is 7.08. The van der Waals surface area contributed by atoms with Gasteiger partial charge in [0.25, 0.3) is 5.91 Å². The Kier molecular flexibility index (Phi) is 5.72. The second-order valence-corrected chi connectivity index (χ2v) is 7.08. The van der Waals surface area contributed by atoms with Crippen molar-refractivity contribution in [2.45, 2.75) is 31.8 Å². The molecule has 0 bridgehead atoms. The highest BCUT2D eigenvalue weighted by Gasteiger charge is 2.25. The number of hydrogen-bond acceptors (Lipinski definition) is 6. The Balaban J connectivity index is 1.34. The quantitative estimate of drug-likeness (QED) is 0.711. The van der Waals surface area contributed by atoms with Crippen LogP contribution in [0, 0.1) is 0 Å². The van der Waals surface area contributed by atoms with Gasteiger partial charge in [-0.25, -0.2) is 0 Å². The lowest BCUT2D eigenvalue weighted by Gasteiger charge is -2.31. The molecule has 1 fully saturated rings. The van der Waals surface area contributed by atoms with Crippen LogP contribution in [-0.4, -0.2) is 39.0 Å². The number of hydrogen-bond donors (Lipinski definition) is 1. The van der Waals surface area contributed by atoms with Crippen molar-refractivity contribution in [3.63, 3.8) is 0 Å². The molecule has 0 saturated carbocycles. The summed E-state index contributed by atoms with van der Waals surface area (Å²) in [5, 5.41) is 7.03. The van der Waals surface area contributed by atoms with Crippen LogP contribution >= 0.6 is 0 Å². The third-order valence-electron chi connectivity index (χ3n) is 5.03. The number of pyridine rings is 2. The van der Waals surface area contributed by atoms with Crippen LogP contribution in [0.2, 0.25) is 0 Å². The predicted octanol–water partition coefficient (Wildman–Crippen LogP) is 2.77. The molecule has 3 aromatic heterocycles. The minimum Gasteiger partial charge on any atom is -0.351 e. The molecular formula is C21H23N5O2. The fourth-order valence-corrected chi connectivity index (χ4v) is 3.55. The summed E-state index contributed by atoms with van der Waals surface area (Å²) in [5.74, 6) is 0.288. The summed E-state index contributed by atoms with van der Waals surface area (Å²) in [6.45, 7) is 3.31. The van der Waals surface area contributed by atoms with Crippen LogP contribution in [0.3, 0.4) is 0 Å².